The van der Waals surface area contributed by atoms with Crippen molar-refractivity contribution in [2.45, 2.75) is 24.8 Å². The van der Waals surface area contributed by atoms with Crippen molar-refractivity contribution in [3.05, 3.63) is 141 Å². The van der Waals surface area contributed by atoms with E-state index in [9.17, 15) is 0 Å². The fourth-order valence-corrected chi connectivity index (χ4v) is 6.07. The molecule has 152 valence electrons. The van der Waals surface area contributed by atoms with E-state index in [1.165, 1.54) is 50.1 Å². The standard InChI is InChI=1S/C30H27N/c1-31(2)20-24-13-9-17-29-25(24)19-23-12-5-8-16-28(23)30(29)26-14-6-3-10-21(26)18-22-11-4-7-15-27(22)30/h3-17H,18-20H2,1-2H3. The molecule has 0 radical (unpaired) electrons. The quantitative estimate of drug-likeness (QED) is 0.347. The summed E-state index contributed by atoms with van der Waals surface area (Å²) < 4.78 is 0. The highest BCUT2D eigenvalue weighted by atomic mass is 15.0. The largest absolute Gasteiger partial charge is 0.305 e. The molecule has 0 unspecified atom stereocenters. The number of rotatable bonds is 2. The monoisotopic (exact) mass is 401 g/mol. The Labute approximate surface area is 185 Å². The molecule has 0 saturated carbocycles. The maximum absolute atomic E-state index is 2.39. The van der Waals surface area contributed by atoms with E-state index in [0.717, 1.165) is 19.4 Å². The second-order valence-corrected chi connectivity index (χ2v) is 9.26. The Morgan fingerprint density at radius 1 is 0.581 bits per heavy atom. The van der Waals surface area contributed by atoms with Crippen LogP contribution in [-0.4, -0.2) is 19.0 Å². The molecule has 4 aromatic rings. The molecule has 0 aliphatic heterocycles. The van der Waals surface area contributed by atoms with Crippen LogP contribution in [0.15, 0.2) is 91.0 Å². The van der Waals surface area contributed by atoms with E-state index < -0.39 is 0 Å². The highest BCUT2D eigenvalue weighted by Gasteiger charge is 2.47. The maximum Gasteiger partial charge on any atom is 0.0712 e. The maximum atomic E-state index is 2.39. The summed E-state index contributed by atoms with van der Waals surface area (Å²) in [7, 11) is 4.33. The van der Waals surface area contributed by atoms with Gasteiger partial charge in [-0.05, 0) is 77.0 Å². The molecule has 1 heteroatoms. The lowest BCUT2D eigenvalue weighted by molar-refractivity contribution is 0.400. The third kappa shape index (κ3) is 2.60. The molecule has 0 fully saturated rings. The van der Waals surface area contributed by atoms with E-state index >= 15 is 0 Å². The van der Waals surface area contributed by atoms with E-state index in [0.29, 0.717) is 0 Å². The van der Waals surface area contributed by atoms with E-state index in [-0.39, 0.29) is 5.41 Å². The van der Waals surface area contributed by atoms with Crippen molar-refractivity contribution >= 4 is 0 Å². The lowest BCUT2D eigenvalue weighted by Gasteiger charge is -2.47. The summed E-state index contributed by atoms with van der Waals surface area (Å²) in [6.45, 7) is 0.963. The smallest absolute Gasteiger partial charge is 0.0712 e. The Bertz CT molecular complexity index is 1230. The minimum absolute atomic E-state index is 0.252. The Balaban J connectivity index is 1.79. The molecule has 0 atom stereocenters. The zero-order valence-corrected chi connectivity index (χ0v) is 18.2. The molecular weight excluding hydrogens is 374 g/mol. The van der Waals surface area contributed by atoms with Crippen LogP contribution < -0.4 is 0 Å². The van der Waals surface area contributed by atoms with Gasteiger partial charge in [0.05, 0.1) is 5.41 Å². The summed E-state index contributed by atoms with van der Waals surface area (Å²) in [5, 5.41) is 0. The Morgan fingerprint density at radius 3 is 1.61 bits per heavy atom. The fourth-order valence-electron chi connectivity index (χ4n) is 6.07. The summed E-state index contributed by atoms with van der Waals surface area (Å²) in [5.41, 5.74) is 12.8. The summed E-state index contributed by atoms with van der Waals surface area (Å²) in [6, 6.07) is 34.3. The van der Waals surface area contributed by atoms with E-state index in [1.807, 2.05) is 0 Å². The van der Waals surface area contributed by atoms with Gasteiger partial charge in [-0.2, -0.15) is 0 Å². The molecule has 6 rings (SSSR count). The molecule has 0 saturated heterocycles. The first kappa shape index (κ1) is 18.6. The van der Waals surface area contributed by atoms with Crippen molar-refractivity contribution in [1.82, 2.24) is 4.90 Å². The van der Waals surface area contributed by atoms with E-state index in [1.54, 1.807) is 0 Å². The van der Waals surface area contributed by atoms with Crippen molar-refractivity contribution in [1.29, 1.82) is 0 Å². The zero-order chi connectivity index (χ0) is 21.0. The summed E-state index contributed by atoms with van der Waals surface area (Å²) >= 11 is 0. The molecule has 1 nitrogen and oxygen atoms in total. The van der Waals surface area contributed by atoms with Gasteiger partial charge in [0, 0.05) is 6.54 Å². The molecule has 0 aromatic heterocycles. The van der Waals surface area contributed by atoms with Crippen molar-refractivity contribution in [3.8, 4) is 0 Å². The number of nitrogens with zero attached hydrogens (tertiary/aromatic N) is 1. The number of fused-ring (bicyclic) bond motifs is 8. The van der Waals surface area contributed by atoms with Gasteiger partial charge in [0.2, 0.25) is 0 Å². The SMILES string of the molecule is CN(C)Cc1cccc2c1Cc1ccccc1C21c2ccccc2Cc2ccccc21. The number of benzene rings is 4. The third-order valence-corrected chi connectivity index (χ3v) is 7.18. The Kier molecular flexibility index (Phi) is 4.16. The first-order valence-electron chi connectivity index (χ1n) is 11.2. The van der Waals surface area contributed by atoms with Gasteiger partial charge in [-0.15, -0.1) is 0 Å². The van der Waals surface area contributed by atoms with Gasteiger partial charge in [0.25, 0.3) is 0 Å². The van der Waals surface area contributed by atoms with Crippen molar-refractivity contribution in [3.63, 3.8) is 0 Å². The summed E-state index contributed by atoms with van der Waals surface area (Å²) in [6.07, 6.45) is 2.00. The van der Waals surface area contributed by atoms with Gasteiger partial charge < -0.3 is 4.90 Å². The van der Waals surface area contributed by atoms with Gasteiger partial charge in [0.15, 0.2) is 0 Å². The van der Waals surface area contributed by atoms with Gasteiger partial charge in [-0.3, -0.25) is 0 Å². The summed E-state index contributed by atoms with van der Waals surface area (Å²) in [4.78, 5) is 2.28. The van der Waals surface area contributed by atoms with Crippen LogP contribution in [0, 0.1) is 0 Å². The average Bonchev–Trinajstić information content (AvgIpc) is 2.79. The molecule has 0 bridgehead atoms. The molecular formula is C30H27N. The van der Waals surface area contributed by atoms with Crippen LogP contribution in [0.1, 0.15) is 50.1 Å². The second kappa shape index (κ2) is 6.93. The van der Waals surface area contributed by atoms with Crippen LogP contribution in [0.3, 0.4) is 0 Å². The van der Waals surface area contributed by atoms with Crippen molar-refractivity contribution in [2.24, 2.45) is 0 Å². The van der Waals surface area contributed by atoms with Gasteiger partial charge in [-0.1, -0.05) is 91.0 Å². The van der Waals surface area contributed by atoms with Crippen molar-refractivity contribution in [2.75, 3.05) is 14.1 Å². The molecule has 2 aliphatic rings. The predicted octanol–water partition coefficient (Wildman–Crippen LogP) is 5.94. The minimum Gasteiger partial charge on any atom is -0.305 e. The van der Waals surface area contributed by atoms with Crippen LogP contribution >= 0.6 is 0 Å². The molecule has 4 aromatic carbocycles. The molecule has 2 aliphatic carbocycles. The van der Waals surface area contributed by atoms with Crippen molar-refractivity contribution < 1.29 is 0 Å². The normalized spacial score (nSPS) is 15.2. The van der Waals surface area contributed by atoms with Crippen LogP contribution in [0.2, 0.25) is 0 Å². The van der Waals surface area contributed by atoms with Crippen LogP contribution in [-0.2, 0) is 24.8 Å². The van der Waals surface area contributed by atoms with Crippen LogP contribution in [0.4, 0.5) is 0 Å². The Morgan fingerprint density at radius 2 is 1.06 bits per heavy atom. The molecule has 31 heavy (non-hydrogen) atoms. The highest BCUT2D eigenvalue weighted by Crippen LogP contribution is 2.55. The van der Waals surface area contributed by atoms with Gasteiger partial charge in [0.1, 0.15) is 0 Å². The second-order valence-electron chi connectivity index (χ2n) is 9.26. The highest BCUT2D eigenvalue weighted by molar-refractivity contribution is 5.72. The first-order chi connectivity index (χ1) is 15.2. The predicted molar refractivity (Wildman–Crippen MR) is 128 cm³/mol. The van der Waals surface area contributed by atoms with E-state index in [4.69, 9.17) is 0 Å². The fraction of sp³-hybridized carbons (Fsp3) is 0.200. The minimum atomic E-state index is -0.252. The summed E-state index contributed by atoms with van der Waals surface area (Å²) in [5.74, 6) is 0. The molecule has 0 heterocycles. The number of hydrogen-bond acceptors (Lipinski definition) is 1. The molecule has 0 amide bonds. The van der Waals surface area contributed by atoms with Gasteiger partial charge in [-0.25, -0.2) is 0 Å². The molecule has 1 spiro atoms. The average molecular weight is 402 g/mol. The molecule has 0 N–H and O–H groups in total. The van der Waals surface area contributed by atoms with Crippen LogP contribution in [0.25, 0.3) is 0 Å². The topological polar surface area (TPSA) is 3.24 Å². The lowest BCUT2D eigenvalue weighted by atomic mass is 9.55. The van der Waals surface area contributed by atoms with E-state index in [2.05, 4.69) is 110 Å². The zero-order valence-electron chi connectivity index (χ0n) is 18.2. The van der Waals surface area contributed by atoms with Crippen LogP contribution in [0.5, 0.6) is 0 Å². The van der Waals surface area contributed by atoms with Gasteiger partial charge >= 0.3 is 0 Å². The number of hydrogen-bond donors (Lipinski definition) is 0. The third-order valence-electron chi connectivity index (χ3n) is 7.18. The Hall–Kier alpha value is -3.16. The first-order valence-corrected chi connectivity index (χ1v) is 11.2. The lowest BCUT2D eigenvalue weighted by Crippen LogP contribution is -2.40.